The summed E-state index contributed by atoms with van der Waals surface area (Å²) in [7, 11) is 0. The Bertz CT molecular complexity index is 399. The van der Waals surface area contributed by atoms with Gasteiger partial charge in [-0.25, -0.2) is 4.79 Å². The van der Waals surface area contributed by atoms with E-state index in [9.17, 15) is 4.79 Å². The molecular formula is C13H20N4O2. The zero-order valence-electron chi connectivity index (χ0n) is 11.2. The fourth-order valence-corrected chi connectivity index (χ4v) is 2.12. The van der Waals surface area contributed by atoms with Gasteiger partial charge in [-0.2, -0.15) is 0 Å². The van der Waals surface area contributed by atoms with E-state index >= 15 is 0 Å². The zero-order chi connectivity index (χ0) is 13.5. The summed E-state index contributed by atoms with van der Waals surface area (Å²) in [6.45, 7) is 4.56. The quantitative estimate of drug-likeness (QED) is 0.875. The van der Waals surface area contributed by atoms with Crippen molar-refractivity contribution >= 4 is 6.03 Å². The number of urea groups is 1. The summed E-state index contributed by atoms with van der Waals surface area (Å²) < 4.78 is 5.39. The van der Waals surface area contributed by atoms with Gasteiger partial charge in [-0.3, -0.25) is 9.97 Å². The van der Waals surface area contributed by atoms with Crippen LogP contribution in [0, 0.1) is 0 Å². The zero-order valence-corrected chi connectivity index (χ0v) is 11.2. The normalized spacial score (nSPS) is 19.2. The monoisotopic (exact) mass is 264 g/mol. The van der Waals surface area contributed by atoms with Gasteiger partial charge in [0, 0.05) is 38.1 Å². The molecule has 0 radical (unpaired) electrons. The summed E-state index contributed by atoms with van der Waals surface area (Å²) in [6.07, 6.45) is 6.63. The first-order valence-electron chi connectivity index (χ1n) is 6.68. The lowest BCUT2D eigenvalue weighted by Crippen LogP contribution is -2.52. The van der Waals surface area contributed by atoms with Crippen molar-refractivity contribution in [3.8, 4) is 0 Å². The van der Waals surface area contributed by atoms with Crippen molar-refractivity contribution in [2.45, 2.75) is 25.8 Å². The number of aromatic nitrogens is 2. The van der Waals surface area contributed by atoms with E-state index in [0.717, 1.165) is 12.1 Å². The minimum Gasteiger partial charge on any atom is -0.377 e. The Labute approximate surface area is 113 Å². The molecule has 1 atom stereocenters. The summed E-state index contributed by atoms with van der Waals surface area (Å²) in [5, 5.41) is 2.93. The van der Waals surface area contributed by atoms with Gasteiger partial charge < -0.3 is 15.0 Å². The number of hydrogen-bond donors (Lipinski definition) is 1. The third kappa shape index (κ3) is 3.89. The highest BCUT2D eigenvalue weighted by atomic mass is 16.5. The van der Waals surface area contributed by atoms with Crippen LogP contribution in [0.4, 0.5) is 4.79 Å². The molecule has 19 heavy (non-hydrogen) atoms. The van der Waals surface area contributed by atoms with E-state index in [1.807, 2.05) is 4.90 Å². The largest absolute Gasteiger partial charge is 0.377 e. The fraction of sp³-hybridized carbons (Fsp3) is 0.615. The van der Waals surface area contributed by atoms with Crippen LogP contribution in [0.3, 0.4) is 0 Å². The van der Waals surface area contributed by atoms with Gasteiger partial charge in [0.25, 0.3) is 0 Å². The number of nitrogens with zero attached hydrogens (tertiary/aromatic N) is 3. The van der Waals surface area contributed by atoms with Gasteiger partial charge in [-0.1, -0.05) is 6.92 Å². The second-order valence-electron chi connectivity index (χ2n) is 4.51. The molecule has 0 saturated carbocycles. The van der Waals surface area contributed by atoms with E-state index < -0.39 is 0 Å². The van der Waals surface area contributed by atoms with Crippen molar-refractivity contribution in [2.75, 3.05) is 26.3 Å². The highest BCUT2D eigenvalue weighted by molar-refractivity contribution is 5.74. The molecule has 1 N–H and O–H groups in total. The molecule has 0 aromatic carbocycles. The van der Waals surface area contributed by atoms with E-state index in [-0.39, 0.29) is 12.1 Å². The highest BCUT2D eigenvalue weighted by Gasteiger charge is 2.25. The van der Waals surface area contributed by atoms with Crippen LogP contribution in [-0.2, 0) is 11.2 Å². The van der Waals surface area contributed by atoms with Crippen molar-refractivity contribution < 1.29 is 9.53 Å². The van der Waals surface area contributed by atoms with Crippen molar-refractivity contribution in [3.05, 3.63) is 24.3 Å². The highest BCUT2D eigenvalue weighted by Crippen LogP contribution is 2.10. The Morgan fingerprint density at radius 1 is 1.58 bits per heavy atom. The van der Waals surface area contributed by atoms with E-state index in [1.54, 1.807) is 18.6 Å². The van der Waals surface area contributed by atoms with E-state index in [0.29, 0.717) is 32.7 Å². The molecule has 0 bridgehead atoms. The molecule has 2 heterocycles. The van der Waals surface area contributed by atoms with Gasteiger partial charge in [-0.15, -0.1) is 0 Å². The minimum absolute atomic E-state index is 0.0148. The van der Waals surface area contributed by atoms with Crippen LogP contribution in [0.5, 0.6) is 0 Å². The molecule has 104 valence electrons. The van der Waals surface area contributed by atoms with Crippen molar-refractivity contribution in [1.29, 1.82) is 0 Å². The first-order chi connectivity index (χ1) is 9.31. The number of nitrogens with one attached hydrogen (secondary N) is 1. The Morgan fingerprint density at radius 2 is 2.47 bits per heavy atom. The standard InChI is InChI=1S/C13H20N4O2/c1-2-12-10-19-8-7-17(12)13(18)16-4-3-11-9-14-5-6-15-11/h5-6,9,12H,2-4,7-8,10H2,1H3,(H,16,18). The maximum absolute atomic E-state index is 12.1. The smallest absolute Gasteiger partial charge is 0.317 e. The fourth-order valence-electron chi connectivity index (χ4n) is 2.12. The van der Waals surface area contributed by atoms with Crippen molar-refractivity contribution in [1.82, 2.24) is 20.2 Å². The lowest BCUT2D eigenvalue weighted by atomic mass is 10.2. The first-order valence-corrected chi connectivity index (χ1v) is 6.68. The second-order valence-corrected chi connectivity index (χ2v) is 4.51. The molecular weight excluding hydrogens is 244 g/mol. The molecule has 0 aliphatic carbocycles. The van der Waals surface area contributed by atoms with Gasteiger partial charge in [0.2, 0.25) is 0 Å². The van der Waals surface area contributed by atoms with Gasteiger partial charge in [-0.05, 0) is 6.42 Å². The molecule has 1 aliphatic rings. The molecule has 1 aromatic heterocycles. The van der Waals surface area contributed by atoms with Crippen LogP contribution in [0.1, 0.15) is 19.0 Å². The predicted octanol–water partition coefficient (Wildman–Crippen LogP) is 0.839. The average molecular weight is 264 g/mol. The SMILES string of the molecule is CCC1COCCN1C(=O)NCCc1cnccn1. The Morgan fingerprint density at radius 3 is 3.21 bits per heavy atom. The van der Waals surface area contributed by atoms with Gasteiger partial charge in [0.1, 0.15) is 0 Å². The number of morpholine rings is 1. The summed E-state index contributed by atoms with van der Waals surface area (Å²) >= 11 is 0. The average Bonchev–Trinajstić information content (AvgIpc) is 2.48. The third-order valence-corrected chi connectivity index (χ3v) is 3.23. The van der Waals surface area contributed by atoms with Crippen LogP contribution in [0.25, 0.3) is 0 Å². The maximum Gasteiger partial charge on any atom is 0.317 e. The summed E-state index contributed by atoms with van der Waals surface area (Å²) in [4.78, 5) is 22.1. The topological polar surface area (TPSA) is 67.3 Å². The number of ether oxygens (including phenoxy) is 1. The molecule has 6 nitrogen and oxygen atoms in total. The van der Waals surface area contributed by atoms with Crippen LogP contribution < -0.4 is 5.32 Å². The molecule has 0 spiro atoms. The Kier molecular flexibility index (Phi) is 5.09. The number of rotatable bonds is 4. The maximum atomic E-state index is 12.1. The molecule has 1 saturated heterocycles. The van der Waals surface area contributed by atoms with E-state index in [1.165, 1.54) is 0 Å². The molecule has 2 rings (SSSR count). The number of amides is 2. The van der Waals surface area contributed by atoms with Crippen LogP contribution >= 0.6 is 0 Å². The van der Waals surface area contributed by atoms with Crippen LogP contribution in [0.2, 0.25) is 0 Å². The number of carbonyl (C=O) groups excluding carboxylic acids is 1. The van der Waals surface area contributed by atoms with Crippen molar-refractivity contribution in [2.24, 2.45) is 0 Å². The van der Waals surface area contributed by atoms with E-state index in [4.69, 9.17) is 4.74 Å². The Hall–Kier alpha value is -1.69. The molecule has 1 unspecified atom stereocenters. The number of hydrogen-bond acceptors (Lipinski definition) is 4. The second kappa shape index (κ2) is 7.04. The summed E-state index contributed by atoms with van der Waals surface area (Å²) in [5.74, 6) is 0. The van der Waals surface area contributed by atoms with Gasteiger partial charge >= 0.3 is 6.03 Å². The van der Waals surface area contributed by atoms with Crippen LogP contribution in [0.15, 0.2) is 18.6 Å². The predicted molar refractivity (Wildman–Crippen MR) is 70.7 cm³/mol. The molecule has 2 amide bonds. The summed E-state index contributed by atoms with van der Waals surface area (Å²) in [5.41, 5.74) is 0.886. The van der Waals surface area contributed by atoms with Gasteiger partial charge in [0.15, 0.2) is 0 Å². The first kappa shape index (κ1) is 13.7. The van der Waals surface area contributed by atoms with Gasteiger partial charge in [0.05, 0.1) is 24.9 Å². The lowest BCUT2D eigenvalue weighted by molar-refractivity contribution is 0.0114. The van der Waals surface area contributed by atoms with Crippen LogP contribution in [-0.4, -0.2) is 53.2 Å². The minimum atomic E-state index is -0.0148. The lowest BCUT2D eigenvalue weighted by Gasteiger charge is -2.35. The molecule has 1 aliphatic heterocycles. The molecule has 6 heteroatoms. The van der Waals surface area contributed by atoms with Crippen molar-refractivity contribution in [3.63, 3.8) is 0 Å². The third-order valence-electron chi connectivity index (χ3n) is 3.23. The Balaban J connectivity index is 1.77. The molecule has 1 fully saturated rings. The van der Waals surface area contributed by atoms with E-state index in [2.05, 4.69) is 22.2 Å². The molecule has 1 aromatic rings. The number of carbonyl (C=O) groups is 1. The summed E-state index contributed by atoms with van der Waals surface area (Å²) in [6, 6.07) is 0.171.